The van der Waals surface area contributed by atoms with Gasteiger partial charge in [0.1, 0.15) is 18.2 Å². The lowest BCUT2D eigenvalue weighted by Gasteiger charge is -2.35. The van der Waals surface area contributed by atoms with Crippen molar-refractivity contribution in [2.24, 2.45) is 0 Å². The Kier molecular flexibility index (Phi) is 8.43. The van der Waals surface area contributed by atoms with E-state index in [0.29, 0.717) is 30.8 Å². The van der Waals surface area contributed by atoms with Crippen molar-refractivity contribution in [3.8, 4) is 11.8 Å². The van der Waals surface area contributed by atoms with Crippen LogP contribution in [0, 0.1) is 11.3 Å². The summed E-state index contributed by atoms with van der Waals surface area (Å²) in [5.41, 5.74) is 4.08. The fourth-order valence-electron chi connectivity index (χ4n) is 3.43. The zero-order valence-electron chi connectivity index (χ0n) is 19.0. The quantitative estimate of drug-likeness (QED) is 0.290. The van der Waals surface area contributed by atoms with Gasteiger partial charge in [0.25, 0.3) is 8.53 Å². The lowest BCUT2D eigenvalue weighted by atomic mass is 10.2. The summed E-state index contributed by atoms with van der Waals surface area (Å²) >= 11 is 0. The van der Waals surface area contributed by atoms with Crippen molar-refractivity contribution in [2.75, 3.05) is 6.61 Å². The fourth-order valence-corrected chi connectivity index (χ4v) is 5.03. The third-order valence-electron chi connectivity index (χ3n) is 4.75. The highest BCUT2D eigenvalue weighted by atomic mass is 31.2. The number of benzene rings is 1. The standard InChI is InChI=1S/C23H29N6O2P/c1-6-21-22-23(26-15-25-21)28(16-27-22)20-10-7-9-19(13-20)14-31-32(30-12-8-11-24)29(17(2)3)18(4)5/h6-7,9-10,13,15-18H,1,8,12,14H2,2-5H3. The summed E-state index contributed by atoms with van der Waals surface area (Å²) in [5.74, 6) is 0. The smallest absolute Gasteiger partial charge is 0.259 e. The average Bonchev–Trinajstić information content (AvgIpc) is 3.21. The number of aromatic nitrogens is 4. The Morgan fingerprint density at radius 3 is 2.66 bits per heavy atom. The minimum Gasteiger partial charge on any atom is -0.321 e. The highest BCUT2D eigenvalue weighted by Crippen LogP contribution is 2.46. The molecule has 0 aliphatic heterocycles. The maximum atomic E-state index is 8.87. The monoisotopic (exact) mass is 452 g/mol. The van der Waals surface area contributed by atoms with E-state index in [1.807, 2.05) is 22.8 Å². The summed E-state index contributed by atoms with van der Waals surface area (Å²) in [6.07, 6.45) is 5.27. The number of hydrogen-bond acceptors (Lipinski definition) is 7. The molecule has 0 fully saturated rings. The van der Waals surface area contributed by atoms with E-state index >= 15 is 0 Å². The van der Waals surface area contributed by atoms with Crippen LogP contribution in [0.2, 0.25) is 0 Å². The van der Waals surface area contributed by atoms with E-state index in [0.717, 1.165) is 16.9 Å². The Morgan fingerprint density at radius 1 is 1.19 bits per heavy atom. The number of hydrogen-bond donors (Lipinski definition) is 0. The molecule has 0 radical (unpaired) electrons. The summed E-state index contributed by atoms with van der Waals surface area (Å²) in [6, 6.07) is 10.7. The molecular formula is C23H29N6O2P. The van der Waals surface area contributed by atoms with Gasteiger partial charge in [-0.25, -0.2) is 19.6 Å². The maximum Gasteiger partial charge on any atom is 0.259 e. The highest BCUT2D eigenvalue weighted by Gasteiger charge is 2.27. The summed E-state index contributed by atoms with van der Waals surface area (Å²) < 4.78 is 16.4. The minimum atomic E-state index is -1.30. The number of imidazole rings is 1. The van der Waals surface area contributed by atoms with E-state index in [1.54, 1.807) is 12.4 Å². The van der Waals surface area contributed by atoms with E-state index in [4.69, 9.17) is 14.3 Å². The van der Waals surface area contributed by atoms with Crippen LogP contribution in [0.1, 0.15) is 45.4 Å². The maximum absolute atomic E-state index is 8.87. The molecule has 1 unspecified atom stereocenters. The van der Waals surface area contributed by atoms with Crippen LogP contribution in [-0.4, -0.2) is 42.9 Å². The van der Waals surface area contributed by atoms with Gasteiger partial charge in [-0.2, -0.15) is 5.26 Å². The minimum absolute atomic E-state index is 0.255. The van der Waals surface area contributed by atoms with E-state index in [9.17, 15) is 0 Å². The summed E-state index contributed by atoms with van der Waals surface area (Å²) in [6.45, 7) is 13.0. The molecular weight excluding hydrogens is 423 g/mol. The van der Waals surface area contributed by atoms with Crippen molar-refractivity contribution in [3.63, 3.8) is 0 Å². The van der Waals surface area contributed by atoms with Gasteiger partial charge in [-0.1, -0.05) is 18.7 Å². The first kappa shape index (κ1) is 24.0. The topological polar surface area (TPSA) is 89.1 Å². The van der Waals surface area contributed by atoms with Crippen LogP contribution in [0.3, 0.4) is 0 Å². The molecule has 1 atom stereocenters. The van der Waals surface area contributed by atoms with Gasteiger partial charge in [0.15, 0.2) is 5.65 Å². The van der Waals surface area contributed by atoms with Crippen LogP contribution in [0.5, 0.6) is 0 Å². The Hall–Kier alpha value is -2.69. The second-order valence-electron chi connectivity index (χ2n) is 7.74. The van der Waals surface area contributed by atoms with Crippen molar-refractivity contribution in [1.29, 1.82) is 5.26 Å². The predicted octanol–water partition coefficient (Wildman–Crippen LogP) is 5.25. The van der Waals surface area contributed by atoms with Crippen molar-refractivity contribution in [2.45, 2.75) is 52.8 Å². The predicted molar refractivity (Wildman–Crippen MR) is 127 cm³/mol. The van der Waals surface area contributed by atoms with Gasteiger partial charge in [0, 0.05) is 17.8 Å². The number of nitrogens with zero attached hydrogens (tertiary/aromatic N) is 6. The Morgan fingerprint density at radius 2 is 1.97 bits per heavy atom. The number of nitriles is 1. The summed E-state index contributed by atoms with van der Waals surface area (Å²) in [4.78, 5) is 13.1. The van der Waals surface area contributed by atoms with Crippen LogP contribution in [-0.2, 0) is 15.7 Å². The van der Waals surface area contributed by atoms with E-state index in [2.05, 4.69) is 66.0 Å². The molecule has 3 rings (SSSR count). The molecule has 0 aliphatic carbocycles. The van der Waals surface area contributed by atoms with Gasteiger partial charge in [-0.05, 0) is 51.5 Å². The largest absolute Gasteiger partial charge is 0.321 e. The molecule has 9 heteroatoms. The summed E-state index contributed by atoms with van der Waals surface area (Å²) in [7, 11) is -1.30. The van der Waals surface area contributed by atoms with Gasteiger partial charge < -0.3 is 9.05 Å². The zero-order valence-corrected chi connectivity index (χ0v) is 19.9. The van der Waals surface area contributed by atoms with Crippen molar-refractivity contribution < 1.29 is 9.05 Å². The van der Waals surface area contributed by atoms with Crippen LogP contribution in [0.15, 0.2) is 43.5 Å². The molecule has 3 aromatic rings. The highest BCUT2D eigenvalue weighted by molar-refractivity contribution is 7.44. The van der Waals surface area contributed by atoms with Crippen molar-refractivity contribution in [1.82, 2.24) is 24.2 Å². The second kappa shape index (κ2) is 11.3. The molecule has 168 valence electrons. The fraction of sp³-hybridized carbons (Fsp3) is 0.391. The molecule has 2 aromatic heterocycles. The lowest BCUT2D eigenvalue weighted by molar-refractivity contribution is 0.171. The molecule has 0 amide bonds. The van der Waals surface area contributed by atoms with E-state index in [-0.39, 0.29) is 12.1 Å². The van der Waals surface area contributed by atoms with Gasteiger partial charge in [0.05, 0.1) is 31.4 Å². The van der Waals surface area contributed by atoms with Gasteiger partial charge >= 0.3 is 0 Å². The van der Waals surface area contributed by atoms with Gasteiger partial charge in [-0.3, -0.25) is 4.57 Å². The Labute approximate surface area is 190 Å². The average molecular weight is 452 g/mol. The second-order valence-corrected chi connectivity index (χ2v) is 9.19. The normalized spacial score (nSPS) is 12.6. The molecule has 1 aromatic carbocycles. The molecule has 0 spiro atoms. The number of rotatable bonds is 11. The zero-order chi connectivity index (χ0) is 23.1. The first-order valence-electron chi connectivity index (χ1n) is 10.6. The Bertz CT molecular complexity index is 1080. The van der Waals surface area contributed by atoms with Crippen molar-refractivity contribution >= 4 is 25.8 Å². The Balaban J connectivity index is 1.81. The molecule has 8 nitrogen and oxygen atoms in total. The van der Waals surface area contributed by atoms with Crippen LogP contribution < -0.4 is 0 Å². The first-order valence-corrected chi connectivity index (χ1v) is 11.7. The van der Waals surface area contributed by atoms with Crippen molar-refractivity contribution in [3.05, 3.63) is 54.8 Å². The molecule has 0 saturated carbocycles. The molecule has 32 heavy (non-hydrogen) atoms. The van der Waals surface area contributed by atoms with E-state index < -0.39 is 8.53 Å². The third-order valence-corrected chi connectivity index (χ3v) is 6.80. The van der Waals surface area contributed by atoms with Crippen LogP contribution in [0.25, 0.3) is 22.9 Å². The molecule has 0 bridgehead atoms. The van der Waals surface area contributed by atoms with Crippen LogP contribution in [0.4, 0.5) is 0 Å². The van der Waals surface area contributed by atoms with Gasteiger partial charge in [-0.15, -0.1) is 0 Å². The number of fused-ring (bicyclic) bond motifs is 1. The van der Waals surface area contributed by atoms with E-state index in [1.165, 1.54) is 6.33 Å². The molecule has 0 saturated heterocycles. The summed E-state index contributed by atoms with van der Waals surface area (Å²) in [5, 5.41) is 8.87. The van der Waals surface area contributed by atoms with Crippen LogP contribution >= 0.6 is 8.53 Å². The SMILES string of the molecule is C=Cc1ncnc2c1ncn2-c1cccc(COP(OCCC#N)N(C(C)C)C(C)C)c1. The third kappa shape index (κ3) is 5.56. The lowest BCUT2D eigenvalue weighted by Crippen LogP contribution is -2.33. The molecule has 0 N–H and O–H groups in total. The molecule has 2 heterocycles. The molecule has 0 aliphatic rings. The van der Waals surface area contributed by atoms with Gasteiger partial charge in [0.2, 0.25) is 0 Å². The first-order chi connectivity index (χ1) is 15.5.